The number of nitrogens with zero attached hydrogens (tertiary/aromatic N) is 3. The molecule has 0 N–H and O–H groups in total. The molecule has 0 bridgehead atoms. The molecule has 1 aromatic heterocycles. The zero-order chi connectivity index (χ0) is 16.0. The molecule has 0 unspecified atom stereocenters. The van der Waals surface area contributed by atoms with Crippen molar-refractivity contribution in [3.05, 3.63) is 70.5 Å². The Hall–Kier alpha value is -2.26. The van der Waals surface area contributed by atoms with Crippen LogP contribution in [0.1, 0.15) is 30.5 Å². The summed E-state index contributed by atoms with van der Waals surface area (Å²) in [6, 6.07) is 12.1. The van der Waals surface area contributed by atoms with E-state index in [2.05, 4.69) is 35.9 Å². The molecule has 0 saturated carbocycles. The molecule has 1 aliphatic rings. The van der Waals surface area contributed by atoms with Crippen molar-refractivity contribution in [2.75, 3.05) is 0 Å². The second-order valence-corrected chi connectivity index (χ2v) is 6.88. The largest absolute Gasteiger partial charge is 0.278 e. The molecular formula is C19H16ClN3. The molecular weight excluding hydrogens is 306 g/mol. The molecule has 2 aromatic carbocycles. The molecule has 0 aliphatic carbocycles. The number of aromatic nitrogens is 2. The van der Waals surface area contributed by atoms with Crippen LogP contribution in [0.5, 0.6) is 0 Å². The number of aliphatic imine (C=N–C) groups is 1. The minimum Gasteiger partial charge on any atom is -0.278 e. The van der Waals surface area contributed by atoms with Gasteiger partial charge in [0.05, 0.1) is 22.3 Å². The molecule has 2 heterocycles. The molecule has 23 heavy (non-hydrogen) atoms. The predicted molar refractivity (Wildman–Crippen MR) is 94.4 cm³/mol. The third kappa shape index (κ3) is 2.51. The summed E-state index contributed by atoms with van der Waals surface area (Å²) in [5.74, 6) is 0. The molecule has 114 valence electrons. The van der Waals surface area contributed by atoms with Crippen molar-refractivity contribution in [2.45, 2.75) is 25.8 Å². The highest BCUT2D eigenvalue weighted by Gasteiger charge is 2.28. The monoisotopic (exact) mass is 321 g/mol. The van der Waals surface area contributed by atoms with Crippen molar-refractivity contribution in [3.8, 4) is 0 Å². The minimum absolute atomic E-state index is 0.176. The summed E-state index contributed by atoms with van der Waals surface area (Å²) in [4.78, 5) is 13.7. The van der Waals surface area contributed by atoms with Gasteiger partial charge in [-0.05, 0) is 44.0 Å². The zero-order valence-electron chi connectivity index (χ0n) is 13.0. The van der Waals surface area contributed by atoms with Gasteiger partial charge in [-0.2, -0.15) is 0 Å². The predicted octanol–water partition coefficient (Wildman–Crippen LogP) is 4.46. The van der Waals surface area contributed by atoms with Crippen LogP contribution in [-0.2, 0) is 6.42 Å². The van der Waals surface area contributed by atoms with Crippen molar-refractivity contribution in [3.63, 3.8) is 0 Å². The number of rotatable bonds is 1. The van der Waals surface area contributed by atoms with Crippen molar-refractivity contribution in [1.29, 1.82) is 0 Å². The Morgan fingerprint density at radius 3 is 2.61 bits per heavy atom. The van der Waals surface area contributed by atoms with E-state index in [1.807, 2.05) is 24.3 Å². The van der Waals surface area contributed by atoms with E-state index in [9.17, 15) is 0 Å². The SMILES string of the molecule is CC1(C)Cc2c(Cl)cccc2C(c2ccc3nccnc3c2)=N1. The maximum absolute atomic E-state index is 6.44. The van der Waals surface area contributed by atoms with Crippen LogP contribution in [0.2, 0.25) is 5.02 Å². The van der Waals surface area contributed by atoms with Crippen LogP contribution < -0.4 is 0 Å². The first-order valence-corrected chi connectivity index (χ1v) is 8.00. The van der Waals surface area contributed by atoms with Crippen molar-refractivity contribution in [2.24, 2.45) is 4.99 Å². The van der Waals surface area contributed by atoms with Crippen LogP contribution >= 0.6 is 11.6 Å². The van der Waals surface area contributed by atoms with E-state index >= 15 is 0 Å². The Morgan fingerprint density at radius 2 is 1.78 bits per heavy atom. The molecule has 0 atom stereocenters. The van der Waals surface area contributed by atoms with E-state index in [1.165, 1.54) is 5.56 Å². The lowest BCUT2D eigenvalue weighted by molar-refractivity contribution is 0.513. The second-order valence-electron chi connectivity index (χ2n) is 6.48. The lowest BCUT2D eigenvalue weighted by Gasteiger charge is -2.30. The van der Waals surface area contributed by atoms with Crippen molar-refractivity contribution in [1.82, 2.24) is 9.97 Å². The van der Waals surface area contributed by atoms with Crippen LogP contribution in [0.25, 0.3) is 11.0 Å². The van der Waals surface area contributed by atoms with Gasteiger partial charge in [-0.25, -0.2) is 0 Å². The van der Waals surface area contributed by atoms with Gasteiger partial charge in [0.2, 0.25) is 0 Å². The summed E-state index contributed by atoms with van der Waals surface area (Å²) in [5, 5.41) is 0.809. The molecule has 1 aliphatic heterocycles. The first-order valence-electron chi connectivity index (χ1n) is 7.62. The van der Waals surface area contributed by atoms with Gasteiger partial charge in [0.1, 0.15) is 0 Å². The standard InChI is InChI=1S/C19H16ClN3/c1-19(2)11-14-13(4-3-5-15(14)20)18(23-19)12-6-7-16-17(10-12)22-9-8-21-16/h3-10H,11H2,1-2H3. The fourth-order valence-corrected chi connectivity index (χ4v) is 3.37. The Kier molecular flexibility index (Phi) is 3.20. The molecule has 4 rings (SSSR count). The normalized spacial score (nSPS) is 16.0. The highest BCUT2D eigenvalue weighted by Crippen LogP contribution is 2.33. The van der Waals surface area contributed by atoms with E-state index in [0.29, 0.717) is 0 Å². The summed E-state index contributed by atoms with van der Waals surface area (Å²) in [6.45, 7) is 4.28. The fourth-order valence-electron chi connectivity index (χ4n) is 3.13. The summed E-state index contributed by atoms with van der Waals surface area (Å²) in [5.41, 5.74) is 5.90. The van der Waals surface area contributed by atoms with Crippen LogP contribution in [0.4, 0.5) is 0 Å². The Labute approximate surface area is 140 Å². The van der Waals surface area contributed by atoms with Gasteiger partial charge in [-0.15, -0.1) is 0 Å². The van der Waals surface area contributed by atoms with E-state index in [4.69, 9.17) is 16.6 Å². The molecule has 0 saturated heterocycles. The number of hydrogen-bond acceptors (Lipinski definition) is 3. The summed E-state index contributed by atoms with van der Waals surface area (Å²) >= 11 is 6.44. The smallest absolute Gasteiger partial charge is 0.0893 e. The van der Waals surface area contributed by atoms with Gasteiger partial charge in [0.15, 0.2) is 0 Å². The lowest BCUT2D eigenvalue weighted by atomic mass is 9.85. The van der Waals surface area contributed by atoms with E-state index in [-0.39, 0.29) is 5.54 Å². The van der Waals surface area contributed by atoms with Gasteiger partial charge in [-0.3, -0.25) is 15.0 Å². The lowest BCUT2D eigenvalue weighted by Crippen LogP contribution is -2.29. The van der Waals surface area contributed by atoms with E-state index < -0.39 is 0 Å². The van der Waals surface area contributed by atoms with Gasteiger partial charge >= 0.3 is 0 Å². The molecule has 3 nitrogen and oxygen atoms in total. The van der Waals surface area contributed by atoms with Crippen molar-refractivity contribution < 1.29 is 0 Å². The Bertz CT molecular complexity index is 944. The minimum atomic E-state index is -0.176. The molecule has 0 amide bonds. The average molecular weight is 322 g/mol. The first-order chi connectivity index (χ1) is 11.0. The fraction of sp³-hybridized carbons (Fsp3) is 0.211. The van der Waals surface area contributed by atoms with E-state index in [1.54, 1.807) is 12.4 Å². The van der Waals surface area contributed by atoms with Crippen molar-refractivity contribution >= 4 is 28.3 Å². The third-order valence-corrected chi connectivity index (χ3v) is 4.49. The molecule has 3 aromatic rings. The highest BCUT2D eigenvalue weighted by atomic mass is 35.5. The van der Waals surface area contributed by atoms with Crippen LogP contribution in [0.3, 0.4) is 0 Å². The first kappa shape index (κ1) is 14.3. The summed E-state index contributed by atoms with van der Waals surface area (Å²) < 4.78 is 0. The Balaban J connectivity index is 1.95. The highest BCUT2D eigenvalue weighted by molar-refractivity contribution is 6.32. The molecule has 4 heteroatoms. The summed E-state index contributed by atoms with van der Waals surface area (Å²) in [7, 11) is 0. The molecule has 0 fully saturated rings. The van der Waals surface area contributed by atoms with Gasteiger partial charge < -0.3 is 0 Å². The topological polar surface area (TPSA) is 38.1 Å². The maximum Gasteiger partial charge on any atom is 0.0893 e. The van der Waals surface area contributed by atoms with Gasteiger partial charge in [0, 0.05) is 28.5 Å². The average Bonchev–Trinajstić information content (AvgIpc) is 2.54. The third-order valence-electron chi connectivity index (χ3n) is 4.14. The number of hydrogen-bond donors (Lipinski definition) is 0. The molecule has 0 spiro atoms. The van der Waals surface area contributed by atoms with E-state index in [0.717, 1.165) is 39.3 Å². The van der Waals surface area contributed by atoms with Gasteiger partial charge in [0.25, 0.3) is 0 Å². The number of benzene rings is 2. The summed E-state index contributed by atoms with van der Waals surface area (Å²) in [6.07, 6.45) is 4.26. The van der Waals surface area contributed by atoms with Crippen LogP contribution in [0, 0.1) is 0 Å². The number of halogens is 1. The van der Waals surface area contributed by atoms with Crippen LogP contribution in [-0.4, -0.2) is 21.2 Å². The zero-order valence-corrected chi connectivity index (χ0v) is 13.8. The number of fused-ring (bicyclic) bond motifs is 2. The van der Waals surface area contributed by atoms with Gasteiger partial charge in [-0.1, -0.05) is 29.8 Å². The second kappa shape index (κ2) is 5.14. The quantitative estimate of drug-likeness (QED) is 0.664. The maximum atomic E-state index is 6.44. The molecule has 0 radical (unpaired) electrons. The van der Waals surface area contributed by atoms with Crippen LogP contribution in [0.15, 0.2) is 53.8 Å². The Morgan fingerprint density at radius 1 is 1.00 bits per heavy atom.